The molecule has 33 heavy (non-hydrogen) atoms. The van der Waals surface area contributed by atoms with E-state index in [1.807, 2.05) is 0 Å². The smallest absolute Gasteiger partial charge is 0.338 e. The Bertz CT molecular complexity index is 1010. The second-order valence-corrected chi connectivity index (χ2v) is 9.02. The lowest BCUT2D eigenvalue weighted by Crippen LogP contribution is -2.52. The van der Waals surface area contributed by atoms with Gasteiger partial charge in [0.1, 0.15) is 30.0 Å². The molecule has 4 bridgehead atoms. The number of rotatable bonds is 3. The molecule has 0 spiro atoms. The summed E-state index contributed by atoms with van der Waals surface area (Å²) in [5.74, 6) is -5.73. The van der Waals surface area contributed by atoms with Crippen molar-refractivity contribution in [3.8, 4) is 0 Å². The predicted octanol–water partition coefficient (Wildman–Crippen LogP) is 0.669. The molecule has 1 fully saturated rings. The zero-order valence-corrected chi connectivity index (χ0v) is 18.8. The van der Waals surface area contributed by atoms with Crippen molar-refractivity contribution < 1.29 is 48.0 Å². The van der Waals surface area contributed by atoms with Crippen molar-refractivity contribution in [1.82, 2.24) is 0 Å². The fourth-order valence-corrected chi connectivity index (χ4v) is 4.86. The van der Waals surface area contributed by atoms with Gasteiger partial charge in [-0.25, -0.2) is 9.59 Å². The molecule has 4 aliphatic rings. The van der Waals surface area contributed by atoms with Crippen LogP contribution >= 0.6 is 0 Å². The van der Waals surface area contributed by atoms with Gasteiger partial charge in [0, 0.05) is 24.8 Å². The van der Waals surface area contributed by atoms with E-state index in [2.05, 4.69) is 6.58 Å². The van der Waals surface area contributed by atoms with E-state index >= 15 is 0 Å². The summed E-state index contributed by atoms with van der Waals surface area (Å²) < 4.78 is 27.3. The maximum Gasteiger partial charge on any atom is 0.338 e. The van der Waals surface area contributed by atoms with Crippen LogP contribution in [0.3, 0.4) is 0 Å². The molecule has 1 N–H and O–H groups in total. The number of carbonyl (C=O) groups is 4. The van der Waals surface area contributed by atoms with Crippen molar-refractivity contribution in [3.05, 3.63) is 35.5 Å². The van der Waals surface area contributed by atoms with E-state index in [9.17, 15) is 24.3 Å². The summed E-state index contributed by atoms with van der Waals surface area (Å²) in [5, 5.41) is 11.3. The van der Waals surface area contributed by atoms with Gasteiger partial charge in [-0.05, 0) is 38.0 Å². The Hall–Kier alpha value is -2.82. The van der Waals surface area contributed by atoms with Crippen molar-refractivity contribution in [3.63, 3.8) is 0 Å². The van der Waals surface area contributed by atoms with Crippen LogP contribution in [0.4, 0.5) is 0 Å². The number of aliphatic hydroxyl groups is 1. The molecule has 0 amide bonds. The SMILES string of the molecule is C=C(C(=O)OC)C1CC(OC(C)=O)C2=CC(CC3(C)OC3C3(O)C=C(C)C(=O)C1O3)OC2=O. The zero-order chi connectivity index (χ0) is 24.3. The topological polar surface area (TPSA) is 138 Å². The average Bonchev–Trinajstić information content (AvgIpc) is 3.28. The summed E-state index contributed by atoms with van der Waals surface area (Å²) in [5.41, 5.74) is -0.752. The van der Waals surface area contributed by atoms with Gasteiger partial charge in [-0.1, -0.05) is 6.58 Å². The molecule has 0 aromatic carbocycles. The van der Waals surface area contributed by atoms with E-state index in [0.717, 1.165) is 7.11 Å². The number of hydrogen-bond donors (Lipinski definition) is 1. The summed E-state index contributed by atoms with van der Waals surface area (Å²) in [6.07, 6.45) is -1.20. The second-order valence-electron chi connectivity index (χ2n) is 9.02. The Morgan fingerprint density at radius 1 is 1.27 bits per heavy atom. The molecule has 10 nitrogen and oxygen atoms in total. The van der Waals surface area contributed by atoms with Crippen LogP contribution in [0.15, 0.2) is 35.5 Å². The Balaban J connectivity index is 1.84. The van der Waals surface area contributed by atoms with Crippen molar-refractivity contribution >= 4 is 23.7 Å². The van der Waals surface area contributed by atoms with Crippen molar-refractivity contribution in [2.24, 2.45) is 5.92 Å². The van der Waals surface area contributed by atoms with Gasteiger partial charge in [-0.2, -0.15) is 0 Å². The standard InChI is InChI=1S/C23H26O10/c1-10-8-23(28)21-22(4,33-21)9-13-6-15(20(27)31-13)16(30-12(3)24)7-14(11(2)19(26)29-5)18(32-23)17(10)25/h6,8,13-14,16,18,21,28H,2,7,9H2,1,3-5H3. The molecule has 4 rings (SSSR count). The minimum absolute atomic E-state index is 0.0880. The van der Waals surface area contributed by atoms with Crippen molar-refractivity contribution in [2.75, 3.05) is 7.11 Å². The molecule has 0 saturated carbocycles. The van der Waals surface area contributed by atoms with Crippen molar-refractivity contribution in [1.29, 1.82) is 0 Å². The number of ketones is 1. The Kier molecular flexibility index (Phi) is 5.58. The van der Waals surface area contributed by atoms with Gasteiger partial charge in [0.25, 0.3) is 0 Å². The number of Topliss-reactive ketones (excluding diaryl/α,β-unsaturated/α-hetero) is 1. The van der Waals surface area contributed by atoms with Gasteiger partial charge in [-0.3, -0.25) is 9.59 Å². The highest BCUT2D eigenvalue weighted by atomic mass is 16.7. The third-order valence-electron chi connectivity index (χ3n) is 6.50. The number of fused-ring (bicyclic) bond motifs is 5. The zero-order valence-electron chi connectivity index (χ0n) is 18.8. The molecular formula is C23H26O10. The van der Waals surface area contributed by atoms with Crippen LogP contribution in [0.2, 0.25) is 0 Å². The monoisotopic (exact) mass is 462 g/mol. The summed E-state index contributed by atoms with van der Waals surface area (Å²) in [4.78, 5) is 50.0. The molecular weight excluding hydrogens is 436 g/mol. The van der Waals surface area contributed by atoms with Crippen LogP contribution in [-0.4, -0.2) is 71.7 Å². The number of methoxy groups -OCH3 is 1. The molecule has 0 aliphatic carbocycles. The van der Waals surface area contributed by atoms with E-state index in [1.54, 1.807) is 13.0 Å². The van der Waals surface area contributed by atoms with Gasteiger partial charge in [0.15, 0.2) is 5.78 Å². The summed E-state index contributed by atoms with van der Waals surface area (Å²) >= 11 is 0. The summed E-state index contributed by atoms with van der Waals surface area (Å²) in [6, 6.07) is 0. The highest BCUT2D eigenvalue weighted by Crippen LogP contribution is 2.51. The van der Waals surface area contributed by atoms with E-state index in [0.29, 0.717) is 0 Å². The van der Waals surface area contributed by atoms with Gasteiger partial charge >= 0.3 is 17.9 Å². The first-order valence-corrected chi connectivity index (χ1v) is 10.6. The largest absolute Gasteiger partial charge is 0.466 e. The molecule has 178 valence electrons. The van der Waals surface area contributed by atoms with Crippen LogP contribution in [0.25, 0.3) is 0 Å². The van der Waals surface area contributed by atoms with Gasteiger partial charge in [0.2, 0.25) is 5.79 Å². The Morgan fingerprint density at radius 3 is 2.61 bits per heavy atom. The molecule has 4 aliphatic heterocycles. The first kappa shape index (κ1) is 23.3. The van der Waals surface area contributed by atoms with Crippen LogP contribution in [0.1, 0.15) is 33.6 Å². The molecule has 7 atom stereocenters. The average molecular weight is 462 g/mol. The molecule has 7 unspecified atom stereocenters. The van der Waals surface area contributed by atoms with Crippen LogP contribution in [0, 0.1) is 5.92 Å². The number of hydrogen-bond acceptors (Lipinski definition) is 10. The van der Waals surface area contributed by atoms with E-state index in [1.165, 1.54) is 19.9 Å². The fraction of sp³-hybridized carbons (Fsp3) is 0.565. The normalized spacial score (nSPS) is 39.6. The number of esters is 3. The summed E-state index contributed by atoms with van der Waals surface area (Å²) in [7, 11) is 1.16. The van der Waals surface area contributed by atoms with E-state index < -0.39 is 65.4 Å². The van der Waals surface area contributed by atoms with Crippen LogP contribution in [-0.2, 0) is 42.9 Å². The maximum absolute atomic E-state index is 13.1. The molecule has 0 radical (unpaired) electrons. The first-order valence-electron chi connectivity index (χ1n) is 10.6. The number of carbonyl (C=O) groups excluding carboxylic acids is 4. The Labute approximate surface area is 190 Å². The number of epoxide rings is 1. The van der Waals surface area contributed by atoms with Gasteiger partial charge < -0.3 is 28.8 Å². The highest BCUT2D eigenvalue weighted by Gasteiger charge is 2.66. The fourth-order valence-electron chi connectivity index (χ4n) is 4.86. The summed E-state index contributed by atoms with van der Waals surface area (Å²) in [6.45, 7) is 8.20. The molecule has 1 saturated heterocycles. The lowest BCUT2D eigenvalue weighted by atomic mass is 9.80. The lowest BCUT2D eigenvalue weighted by molar-refractivity contribution is -0.221. The molecule has 4 heterocycles. The lowest BCUT2D eigenvalue weighted by Gasteiger charge is -2.38. The Morgan fingerprint density at radius 2 is 1.97 bits per heavy atom. The minimum atomic E-state index is -1.97. The maximum atomic E-state index is 13.1. The number of ether oxygens (including phenoxy) is 5. The van der Waals surface area contributed by atoms with Gasteiger partial charge in [-0.15, -0.1) is 0 Å². The van der Waals surface area contributed by atoms with Crippen LogP contribution in [0.5, 0.6) is 0 Å². The highest BCUT2D eigenvalue weighted by molar-refractivity contribution is 6.01. The third kappa shape index (κ3) is 4.03. The van der Waals surface area contributed by atoms with Gasteiger partial charge in [0.05, 0.1) is 12.7 Å². The van der Waals surface area contributed by atoms with E-state index in [4.69, 9.17) is 23.7 Å². The van der Waals surface area contributed by atoms with Crippen molar-refractivity contribution in [2.45, 2.75) is 69.4 Å². The molecule has 0 aromatic rings. The predicted molar refractivity (Wildman–Crippen MR) is 109 cm³/mol. The second kappa shape index (κ2) is 7.89. The minimum Gasteiger partial charge on any atom is -0.466 e. The first-order chi connectivity index (χ1) is 15.4. The molecule has 0 aromatic heterocycles. The molecule has 10 heteroatoms. The third-order valence-corrected chi connectivity index (χ3v) is 6.50. The van der Waals surface area contributed by atoms with Crippen LogP contribution < -0.4 is 0 Å². The quantitative estimate of drug-likeness (QED) is 0.276. The van der Waals surface area contributed by atoms with E-state index in [-0.39, 0.29) is 29.6 Å².